The summed E-state index contributed by atoms with van der Waals surface area (Å²) < 4.78 is 5.44. The molecular weight excluding hydrogens is 310 g/mol. The van der Waals surface area contributed by atoms with E-state index in [-0.39, 0.29) is 0 Å². The first-order valence-corrected chi connectivity index (χ1v) is 8.87. The first-order chi connectivity index (χ1) is 12.2. The van der Waals surface area contributed by atoms with Crippen LogP contribution < -0.4 is 15.4 Å². The van der Waals surface area contributed by atoms with E-state index in [1.54, 1.807) is 7.11 Å². The Morgan fingerprint density at radius 2 is 2.04 bits per heavy atom. The van der Waals surface area contributed by atoms with Gasteiger partial charge in [-0.25, -0.2) is 0 Å². The van der Waals surface area contributed by atoms with E-state index in [0.29, 0.717) is 5.92 Å². The number of benzene rings is 2. The highest BCUT2D eigenvalue weighted by atomic mass is 16.5. The van der Waals surface area contributed by atoms with Crippen LogP contribution in [0, 0.1) is 6.92 Å². The third-order valence-corrected chi connectivity index (χ3v) is 4.82. The highest BCUT2D eigenvalue weighted by molar-refractivity contribution is 5.79. The highest BCUT2D eigenvalue weighted by Gasteiger charge is 2.25. The van der Waals surface area contributed by atoms with Gasteiger partial charge in [0.15, 0.2) is 5.96 Å². The maximum atomic E-state index is 5.44. The van der Waals surface area contributed by atoms with E-state index in [9.17, 15) is 0 Å². The van der Waals surface area contributed by atoms with Gasteiger partial charge in [-0.2, -0.15) is 0 Å². The Hall–Kier alpha value is -2.49. The van der Waals surface area contributed by atoms with Gasteiger partial charge in [-0.3, -0.25) is 4.99 Å². The molecule has 132 valence electrons. The minimum atomic E-state index is 0.589. The van der Waals surface area contributed by atoms with Gasteiger partial charge in [-0.15, -0.1) is 0 Å². The summed E-state index contributed by atoms with van der Waals surface area (Å²) in [6.07, 6.45) is 2.05. The van der Waals surface area contributed by atoms with Crippen molar-refractivity contribution in [3.63, 3.8) is 0 Å². The maximum Gasteiger partial charge on any atom is 0.191 e. The largest absolute Gasteiger partial charge is 0.496 e. The number of guanidine groups is 1. The molecule has 1 unspecified atom stereocenters. The molecule has 3 rings (SSSR count). The Kier molecular flexibility index (Phi) is 5.59. The Balaban J connectivity index is 1.47. The van der Waals surface area contributed by atoms with E-state index in [1.165, 1.54) is 22.3 Å². The zero-order valence-corrected chi connectivity index (χ0v) is 15.3. The van der Waals surface area contributed by atoms with Crippen LogP contribution in [0.4, 0.5) is 0 Å². The molecule has 1 aliphatic carbocycles. The van der Waals surface area contributed by atoms with E-state index in [0.717, 1.165) is 37.6 Å². The number of aryl methyl sites for hydroxylation is 1. The van der Waals surface area contributed by atoms with Crippen molar-refractivity contribution >= 4 is 5.96 Å². The Bertz CT molecular complexity index is 755. The number of nitrogens with zero attached hydrogens (tertiary/aromatic N) is 1. The van der Waals surface area contributed by atoms with E-state index >= 15 is 0 Å². The third-order valence-electron chi connectivity index (χ3n) is 4.82. The molecule has 0 fully saturated rings. The lowest BCUT2D eigenvalue weighted by molar-refractivity contribution is 0.409. The molecule has 0 radical (unpaired) electrons. The van der Waals surface area contributed by atoms with Gasteiger partial charge in [0, 0.05) is 26.1 Å². The molecule has 4 heteroatoms. The Morgan fingerprint density at radius 3 is 2.80 bits per heavy atom. The lowest BCUT2D eigenvalue weighted by Crippen LogP contribution is -2.41. The molecule has 0 saturated carbocycles. The standard InChI is InChI=1S/C21H27N3O/c1-15-8-9-20(25-3)17(12-15)10-11-23-21(22-2)24-14-18-13-16-6-4-5-7-19(16)18/h4-9,12,18H,10-11,13-14H2,1-3H3,(H2,22,23,24). The predicted molar refractivity (Wildman–Crippen MR) is 104 cm³/mol. The number of hydrogen-bond donors (Lipinski definition) is 2. The lowest BCUT2D eigenvalue weighted by atomic mass is 9.78. The summed E-state index contributed by atoms with van der Waals surface area (Å²) in [5, 5.41) is 6.85. The van der Waals surface area contributed by atoms with Gasteiger partial charge < -0.3 is 15.4 Å². The summed E-state index contributed by atoms with van der Waals surface area (Å²) in [4.78, 5) is 4.33. The molecule has 2 aromatic carbocycles. The van der Waals surface area contributed by atoms with Gasteiger partial charge in [0.05, 0.1) is 7.11 Å². The van der Waals surface area contributed by atoms with Crippen LogP contribution in [0.25, 0.3) is 0 Å². The molecule has 1 atom stereocenters. The zero-order valence-electron chi connectivity index (χ0n) is 15.3. The van der Waals surface area contributed by atoms with Gasteiger partial charge >= 0.3 is 0 Å². The summed E-state index contributed by atoms with van der Waals surface area (Å²) >= 11 is 0. The molecule has 4 nitrogen and oxygen atoms in total. The predicted octanol–water partition coefficient (Wildman–Crippen LogP) is 3.05. The van der Waals surface area contributed by atoms with Crippen molar-refractivity contribution in [1.82, 2.24) is 10.6 Å². The molecule has 0 heterocycles. The van der Waals surface area contributed by atoms with Gasteiger partial charge in [-0.05, 0) is 42.5 Å². The van der Waals surface area contributed by atoms with Crippen molar-refractivity contribution < 1.29 is 4.74 Å². The van der Waals surface area contributed by atoms with Crippen LogP contribution in [0.3, 0.4) is 0 Å². The number of fused-ring (bicyclic) bond motifs is 1. The summed E-state index contributed by atoms with van der Waals surface area (Å²) in [5.74, 6) is 2.39. The number of methoxy groups -OCH3 is 1. The second-order valence-corrected chi connectivity index (χ2v) is 6.55. The molecule has 0 aliphatic heterocycles. The minimum absolute atomic E-state index is 0.589. The molecule has 0 spiro atoms. The number of ether oxygens (including phenoxy) is 1. The molecule has 2 N–H and O–H groups in total. The van der Waals surface area contributed by atoms with Crippen molar-refractivity contribution in [2.24, 2.45) is 4.99 Å². The highest BCUT2D eigenvalue weighted by Crippen LogP contribution is 2.33. The molecule has 2 aromatic rings. The monoisotopic (exact) mass is 337 g/mol. The third kappa shape index (κ3) is 4.13. The van der Waals surface area contributed by atoms with Crippen LogP contribution in [0.15, 0.2) is 47.5 Å². The second kappa shape index (κ2) is 8.06. The van der Waals surface area contributed by atoms with E-state index in [2.05, 4.69) is 58.9 Å². The molecular formula is C21H27N3O. The summed E-state index contributed by atoms with van der Waals surface area (Å²) in [6, 6.07) is 15.0. The van der Waals surface area contributed by atoms with Crippen LogP contribution in [0.1, 0.15) is 28.2 Å². The van der Waals surface area contributed by atoms with Crippen LogP contribution in [-0.2, 0) is 12.8 Å². The van der Waals surface area contributed by atoms with Crippen molar-refractivity contribution in [1.29, 1.82) is 0 Å². The van der Waals surface area contributed by atoms with E-state index in [1.807, 2.05) is 13.1 Å². The van der Waals surface area contributed by atoms with E-state index < -0.39 is 0 Å². The molecule has 1 aliphatic rings. The first-order valence-electron chi connectivity index (χ1n) is 8.87. The fourth-order valence-corrected chi connectivity index (χ4v) is 3.40. The fourth-order valence-electron chi connectivity index (χ4n) is 3.40. The van der Waals surface area contributed by atoms with Crippen LogP contribution in [0.5, 0.6) is 5.75 Å². The molecule has 0 saturated heterocycles. The van der Waals surface area contributed by atoms with E-state index in [4.69, 9.17) is 4.74 Å². The first kappa shape index (κ1) is 17.3. The van der Waals surface area contributed by atoms with Crippen molar-refractivity contribution in [3.8, 4) is 5.75 Å². The summed E-state index contributed by atoms with van der Waals surface area (Å²) in [5.41, 5.74) is 5.42. The molecule has 0 bridgehead atoms. The average Bonchev–Trinajstić information content (AvgIpc) is 2.61. The SMILES string of the molecule is CN=C(NCCc1cc(C)ccc1OC)NCC1Cc2ccccc21. The fraction of sp³-hybridized carbons (Fsp3) is 0.381. The lowest BCUT2D eigenvalue weighted by Gasteiger charge is -2.30. The Labute approximate surface area is 150 Å². The van der Waals surface area contributed by atoms with Crippen molar-refractivity contribution in [2.45, 2.75) is 25.7 Å². The van der Waals surface area contributed by atoms with Crippen LogP contribution in [-0.4, -0.2) is 33.2 Å². The molecule has 0 amide bonds. The number of hydrogen-bond acceptors (Lipinski definition) is 2. The topological polar surface area (TPSA) is 45.7 Å². The number of aliphatic imine (C=N–C) groups is 1. The van der Waals surface area contributed by atoms with Crippen LogP contribution >= 0.6 is 0 Å². The molecule has 0 aromatic heterocycles. The minimum Gasteiger partial charge on any atom is -0.496 e. The zero-order chi connectivity index (χ0) is 17.6. The number of nitrogens with one attached hydrogen (secondary N) is 2. The summed E-state index contributed by atoms with van der Waals surface area (Å²) in [6.45, 7) is 3.85. The van der Waals surface area contributed by atoms with Gasteiger partial charge in [0.2, 0.25) is 0 Å². The maximum absolute atomic E-state index is 5.44. The number of rotatable bonds is 6. The molecule has 25 heavy (non-hydrogen) atoms. The second-order valence-electron chi connectivity index (χ2n) is 6.55. The average molecular weight is 337 g/mol. The smallest absolute Gasteiger partial charge is 0.191 e. The van der Waals surface area contributed by atoms with Gasteiger partial charge in [0.1, 0.15) is 5.75 Å². The van der Waals surface area contributed by atoms with Gasteiger partial charge in [-0.1, -0.05) is 42.0 Å². The van der Waals surface area contributed by atoms with Crippen molar-refractivity contribution in [2.75, 3.05) is 27.2 Å². The van der Waals surface area contributed by atoms with Gasteiger partial charge in [0.25, 0.3) is 0 Å². The van der Waals surface area contributed by atoms with Crippen molar-refractivity contribution in [3.05, 3.63) is 64.7 Å². The quantitative estimate of drug-likeness (QED) is 0.629. The summed E-state index contributed by atoms with van der Waals surface area (Å²) in [7, 11) is 3.54. The van der Waals surface area contributed by atoms with Crippen LogP contribution in [0.2, 0.25) is 0 Å². The Morgan fingerprint density at radius 1 is 1.20 bits per heavy atom. The normalized spacial score (nSPS) is 16.0.